The van der Waals surface area contributed by atoms with Crippen LogP contribution in [0.4, 0.5) is 5.69 Å². The van der Waals surface area contributed by atoms with Crippen molar-refractivity contribution in [1.29, 1.82) is 0 Å². The molecule has 6 nitrogen and oxygen atoms in total. The lowest BCUT2D eigenvalue weighted by Crippen LogP contribution is -2.47. The van der Waals surface area contributed by atoms with Crippen molar-refractivity contribution in [1.82, 2.24) is 10.3 Å². The Balaban J connectivity index is 1.07. The fraction of sp³-hybridized carbons (Fsp3) is 0.633. The molecule has 3 saturated heterocycles. The molecule has 1 saturated carbocycles. The summed E-state index contributed by atoms with van der Waals surface area (Å²) in [5.41, 5.74) is 4.08. The maximum atomic E-state index is 6.41. The number of aromatic nitrogens is 1. The average Bonchev–Trinajstić information content (AvgIpc) is 3.58. The van der Waals surface area contributed by atoms with E-state index < -0.39 is 0 Å². The predicted octanol–water partition coefficient (Wildman–Crippen LogP) is 4.97. The number of nitrogens with one attached hydrogen (secondary N) is 1. The smallest absolute Gasteiger partial charge is 0.171 e. The summed E-state index contributed by atoms with van der Waals surface area (Å²) in [5.74, 6) is -0.319. The van der Waals surface area contributed by atoms with E-state index in [0.717, 1.165) is 78.1 Å². The van der Waals surface area contributed by atoms with Crippen LogP contribution in [0, 0.1) is 0 Å². The van der Waals surface area contributed by atoms with E-state index in [9.17, 15) is 0 Å². The lowest BCUT2D eigenvalue weighted by atomic mass is 9.68. The number of anilines is 1. The predicted molar refractivity (Wildman–Crippen MR) is 141 cm³/mol. The van der Waals surface area contributed by atoms with Gasteiger partial charge in [0.2, 0.25) is 0 Å². The van der Waals surface area contributed by atoms with Crippen molar-refractivity contribution in [2.45, 2.75) is 81.1 Å². The number of rotatable bonds is 7. The number of ether oxygens (including phenoxy) is 3. The fourth-order valence-corrected chi connectivity index (χ4v) is 7.11. The zero-order valence-electron chi connectivity index (χ0n) is 21.6. The quantitative estimate of drug-likeness (QED) is 0.552. The molecule has 1 aromatic carbocycles. The molecule has 1 aliphatic carbocycles. The van der Waals surface area contributed by atoms with E-state index >= 15 is 0 Å². The molecule has 6 heteroatoms. The fourth-order valence-electron chi connectivity index (χ4n) is 7.11. The first kappa shape index (κ1) is 24.4. The molecule has 0 radical (unpaired) electrons. The molecule has 1 atom stereocenters. The molecule has 1 N–H and O–H groups in total. The van der Waals surface area contributed by atoms with Crippen LogP contribution in [0.2, 0.25) is 0 Å². The Labute approximate surface area is 215 Å². The van der Waals surface area contributed by atoms with Gasteiger partial charge < -0.3 is 24.4 Å². The molecule has 3 aliphatic heterocycles. The maximum Gasteiger partial charge on any atom is 0.171 e. The Bertz CT molecular complexity index is 994. The van der Waals surface area contributed by atoms with Gasteiger partial charge in [-0.05, 0) is 68.5 Å². The number of benzene rings is 1. The minimum absolute atomic E-state index is 0.0751. The number of hydrogen-bond donors (Lipinski definition) is 1. The highest BCUT2D eigenvalue weighted by Crippen LogP contribution is 2.49. The summed E-state index contributed by atoms with van der Waals surface area (Å²) in [4.78, 5) is 7.32. The first-order valence-corrected chi connectivity index (χ1v) is 14.1. The average molecular weight is 492 g/mol. The van der Waals surface area contributed by atoms with E-state index in [-0.39, 0.29) is 16.8 Å². The maximum absolute atomic E-state index is 6.41. The first-order valence-electron chi connectivity index (χ1n) is 14.1. The molecule has 1 aromatic heterocycles. The highest BCUT2D eigenvalue weighted by molar-refractivity contribution is 5.49. The Hall–Kier alpha value is -1.99. The molecule has 36 heavy (non-hydrogen) atoms. The Kier molecular flexibility index (Phi) is 7.04. The summed E-state index contributed by atoms with van der Waals surface area (Å²) in [7, 11) is 0. The molecule has 4 fully saturated rings. The van der Waals surface area contributed by atoms with E-state index in [1.165, 1.54) is 42.6 Å². The van der Waals surface area contributed by atoms with E-state index in [1.807, 2.05) is 12.3 Å². The van der Waals surface area contributed by atoms with Crippen molar-refractivity contribution in [3.8, 4) is 0 Å². The third-order valence-corrected chi connectivity index (χ3v) is 9.10. The second kappa shape index (κ2) is 10.4. The van der Waals surface area contributed by atoms with Gasteiger partial charge in [-0.2, -0.15) is 0 Å². The van der Waals surface area contributed by atoms with Crippen molar-refractivity contribution in [2.75, 3.05) is 44.4 Å². The number of piperidine rings is 1. The van der Waals surface area contributed by atoms with Crippen LogP contribution < -0.4 is 10.2 Å². The zero-order valence-corrected chi connectivity index (χ0v) is 21.6. The summed E-state index contributed by atoms with van der Waals surface area (Å²) >= 11 is 0. The Morgan fingerprint density at radius 1 is 0.861 bits per heavy atom. The highest BCUT2D eigenvalue weighted by Gasteiger charge is 2.48. The van der Waals surface area contributed by atoms with Crippen LogP contribution in [0.15, 0.2) is 48.7 Å². The van der Waals surface area contributed by atoms with E-state index in [2.05, 4.69) is 46.6 Å². The largest absolute Gasteiger partial charge is 0.375 e. The minimum Gasteiger partial charge on any atom is -0.375 e. The van der Waals surface area contributed by atoms with Gasteiger partial charge in [0.05, 0.1) is 18.8 Å². The van der Waals surface area contributed by atoms with Crippen molar-refractivity contribution >= 4 is 5.69 Å². The van der Waals surface area contributed by atoms with Gasteiger partial charge in [0, 0.05) is 62.1 Å². The summed E-state index contributed by atoms with van der Waals surface area (Å²) in [6.07, 6.45) is 12.1. The second-order valence-electron chi connectivity index (χ2n) is 11.4. The molecule has 4 aliphatic rings. The van der Waals surface area contributed by atoms with Crippen LogP contribution >= 0.6 is 0 Å². The zero-order chi connectivity index (χ0) is 24.3. The summed E-state index contributed by atoms with van der Waals surface area (Å²) in [5, 5.41) is 3.77. The monoisotopic (exact) mass is 491 g/mol. The number of nitrogens with zero attached hydrogens (tertiary/aromatic N) is 2. The highest BCUT2D eigenvalue weighted by atomic mass is 16.7. The SMILES string of the molecule is c1ccc(C2(CCNCc3cccc(N4CCC5(CC4)OCCO5)c3)CCOC3(CCCC3)C2)nc1. The normalized spacial score (nSPS) is 27.2. The lowest BCUT2D eigenvalue weighted by molar-refractivity contribution is -0.169. The third-order valence-electron chi connectivity index (χ3n) is 9.10. The molecule has 2 spiro atoms. The molecule has 6 rings (SSSR count). The minimum atomic E-state index is -0.319. The summed E-state index contributed by atoms with van der Waals surface area (Å²) < 4.78 is 18.2. The third kappa shape index (κ3) is 5.06. The van der Waals surface area contributed by atoms with Crippen LogP contribution in [-0.4, -0.2) is 55.8 Å². The molecule has 1 unspecified atom stereocenters. The van der Waals surface area contributed by atoms with Crippen molar-refractivity contribution < 1.29 is 14.2 Å². The first-order chi connectivity index (χ1) is 17.7. The standard InChI is InChI=1S/C30H41N3O3/c1-4-15-32-27(8-1)28(14-19-34-29(24-28)9-2-3-10-29)11-16-31-23-25-6-5-7-26(22-25)33-17-12-30(13-18-33)35-20-21-36-30/h1,4-8,15,22,31H,2-3,9-14,16-21,23-24H2. The van der Waals surface area contributed by atoms with E-state index in [0.29, 0.717) is 0 Å². The second-order valence-corrected chi connectivity index (χ2v) is 11.4. The van der Waals surface area contributed by atoms with Gasteiger partial charge in [-0.3, -0.25) is 4.98 Å². The van der Waals surface area contributed by atoms with Crippen molar-refractivity contribution in [3.63, 3.8) is 0 Å². The van der Waals surface area contributed by atoms with E-state index in [4.69, 9.17) is 19.2 Å². The van der Waals surface area contributed by atoms with Gasteiger partial charge in [-0.25, -0.2) is 0 Å². The molecule has 4 heterocycles. The topological polar surface area (TPSA) is 55.9 Å². The summed E-state index contributed by atoms with van der Waals surface area (Å²) in [6, 6.07) is 15.4. The Morgan fingerprint density at radius 3 is 2.47 bits per heavy atom. The van der Waals surface area contributed by atoms with Crippen molar-refractivity contribution in [2.24, 2.45) is 0 Å². The van der Waals surface area contributed by atoms with Gasteiger partial charge in [-0.1, -0.05) is 31.0 Å². The van der Waals surface area contributed by atoms with Gasteiger partial charge in [0.1, 0.15) is 0 Å². The van der Waals surface area contributed by atoms with Crippen LogP contribution in [0.1, 0.15) is 69.0 Å². The van der Waals surface area contributed by atoms with Crippen LogP contribution in [0.25, 0.3) is 0 Å². The van der Waals surface area contributed by atoms with Crippen molar-refractivity contribution in [3.05, 3.63) is 59.9 Å². The van der Waals surface area contributed by atoms with Gasteiger partial charge in [0.15, 0.2) is 5.79 Å². The summed E-state index contributed by atoms with van der Waals surface area (Å²) in [6.45, 7) is 6.15. The van der Waals surface area contributed by atoms with E-state index in [1.54, 1.807) is 0 Å². The lowest BCUT2D eigenvalue weighted by Gasteiger charge is -2.46. The van der Waals surface area contributed by atoms with Crippen LogP contribution in [0.3, 0.4) is 0 Å². The molecule has 2 aromatic rings. The molecule has 0 amide bonds. The van der Waals surface area contributed by atoms with Crippen LogP contribution in [0.5, 0.6) is 0 Å². The molecular formula is C30H41N3O3. The molecule has 0 bridgehead atoms. The molecular weight excluding hydrogens is 450 g/mol. The van der Waals surface area contributed by atoms with Gasteiger partial charge in [0.25, 0.3) is 0 Å². The van der Waals surface area contributed by atoms with Gasteiger partial charge in [-0.15, -0.1) is 0 Å². The number of pyridine rings is 1. The van der Waals surface area contributed by atoms with Crippen LogP contribution in [-0.2, 0) is 26.2 Å². The van der Waals surface area contributed by atoms with Gasteiger partial charge >= 0.3 is 0 Å². The Morgan fingerprint density at radius 2 is 1.69 bits per heavy atom. The molecule has 194 valence electrons. The number of hydrogen-bond acceptors (Lipinski definition) is 6.